The molecule has 1 aliphatic heterocycles. The second-order valence-electron chi connectivity index (χ2n) is 6.16. The van der Waals surface area contributed by atoms with E-state index in [1.54, 1.807) is 4.90 Å². The van der Waals surface area contributed by atoms with Crippen LogP contribution in [-0.2, 0) is 4.74 Å². The van der Waals surface area contributed by atoms with E-state index in [2.05, 4.69) is 27.1 Å². The first-order valence-electron chi connectivity index (χ1n) is 6.99. The molecule has 0 spiro atoms. The number of amides is 1. The average molecular weight is 341 g/mol. The van der Waals surface area contributed by atoms with Crippen molar-refractivity contribution in [1.82, 2.24) is 9.88 Å². The van der Waals surface area contributed by atoms with Gasteiger partial charge < -0.3 is 0 Å². The molecule has 2 rings (SSSR count). The molecule has 0 radical (unpaired) electrons. The van der Waals surface area contributed by atoms with Crippen molar-refractivity contribution in [3.63, 3.8) is 0 Å². The van der Waals surface area contributed by atoms with Crippen LogP contribution >= 0.6 is 0 Å². The molecule has 1 amide bonds. The minimum atomic E-state index is -0.427. The van der Waals surface area contributed by atoms with E-state index in [-0.39, 0.29) is 6.09 Å². The van der Waals surface area contributed by atoms with Gasteiger partial charge in [-0.1, -0.05) is 0 Å². The SMILES string of the molecule is CC(C)(C)OC(=O)N1CCC(c2cccc([SeH])n2)CC1. The van der Waals surface area contributed by atoms with E-state index >= 15 is 0 Å². The zero-order valence-electron chi connectivity index (χ0n) is 12.3. The molecule has 1 saturated heterocycles. The Morgan fingerprint density at radius 1 is 1.35 bits per heavy atom. The number of pyridine rings is 1. The molecule has 5 heteroatoms. The van der Waals surface area contributed by atoms with E-state index in [0.29, 0.717) is 5.92 Å². The third kappa shape index (κ3) is 4.22. The van der Waals surface area contributed by atoms with Gasteiger partial charge in [-0.05, 0) is 0 Å². The van der Waals surface area contributed by atoms with Crippen LogP contribution in [0.3, 0.4) is 0 Å². The summed E-state index contributed by atoms with van der Waals surface area (Å²) in [7, 11) is 0. The maximum atomic E-state index is 12.0. The fourth-order valence-electron chi connectivity index (χ4n) is 2.35. The molecule has 20 heavy (non-hydrogen) atoms. The maximum absolute atomic E-state index is 12.0. The summed E-state index contributed by atoms with van der Waals surface area (Å²) in [6.07, 6.45) is 1.69. The fourth-order valence-corrected chi connectivity index (χ4v) is 2.77. The van der Waals surface area contributed by atoms with Crippen molar-refractivity contribution in [2.75, 3.05) is 13.1 Å². The summed E-state index contributed by atoms with van der Waals surface area (Å²) >= 11 is 2.48. The van der Waals surface area contributed by atoms with Gasteiger partial charge in [-0.25, -0.2) is 0 Å². The first-order chi connectivity index (χ1) is 9.35. The number of piperidine rings is 1. The second kappa shape index (κ2) is 6.15. The summed E-state index contributed by atoms with van der Waals surface area (Å²) < 4.78 is 6.40. The molecule has 0 atom stereocenters. The number of hydrogen-bond donors (Lipinski definition) is 0. The predicted octanol–water partition coefficient (Wildman–Crippen LogP) is 1.72. The number of nitrogens with zero attached hydrogens (tertiary/aromatic N) is 2. The number of rotatable bonds is 1. The molecule has 4 nitrogen and oxygen atoms in total. The van der Waals surface area contributed by atoms with Crippen LogP contribution < -0.4 is 4.59 Å². The first kappa shape index (κ1) is 15.3. The molecule has 0 saturated carbocycles. The van der Waals surface area contributed by atoms with Crippen LogP contribution in [0.5, 0.6) is 0 Å². The van der Waals surface area contributed by atoms with Crippen molar-refractivity contribution >= 4 is 26.7 Å². The van der Waals surface area contributed by atoms with Crippen LogP contribution in [0.25, 0.3) is 0 Å². The van der Waals surface area contributed by atoms with Crippen molar-refractivity contribution in [1.29, 1.82) is 0 Å². The number of aromatic nitrogens is 1. The Kier molecular flexibility index (Phi) is 4.71. The van der Waals surface area contributed by atoms with Crippen LogP contribution in [0.2, 0.25) is 0 Å². The van der Waals surface area contributed by atoms with Gasteiger partial charge in [0, 0.05) is 0 Å². The normalized spacial score (nSPS) is 17.1. The minimum absolute atomic E-state index is 0.204. The topological polar surface area (TPSA) is 42.4 Å². The van der Waals surface area contributed by atoms with Gasteiger partial charge in [0.1, 0.15) is 0 Å². The first-order valence-corrected chi connectivity index (χ1v) is 7.93. The number of likely N-dealkylation sites (tertiary alicyclic amines) is 1. The van der Waals surface area contributed by atoms with Gasteiger partial charge >= 0.3 is 128 Å². The van der Waals surface area contributed by atoms with Gasteiger partial charge in [0.25, 0.3) is 0 Å². The zero-order chi connectivity index (χ0) is 14.8. The summed E-state index contributed by atoms with van der Waals surface area (Å²) in [6.45, 7) is 7.17. The average Bonchev–Trinajstić information content (AvgIpc) is 2.37. The van der Waals surface area contributed by atoms with E-state index in [1.807, 2.05) is 32.9 Å². The standard InChI is InChI=1S/C15H22N2O2Se/c1-15(2,3)19-14(18)17-9-7-11(8-10-17)12-5-4-6-13(20)16-12/h4-6,11H,7-10H2,1-3H3,(H,16,20). The van der Waals surface area contributed by atoms with Gasteiger partial charge in [0.15, 0.2) is 0 Å². The molecule has 0 aromatic carbocycles. The van der Waals surface area contributed by atoms with Gasteiger partial charge in [-0.3, -0.25) is 0 Å². The van der Waals surface area contributed by atoms with Crippen molar-refractivity contribution in [2.24, 2.45) is 0 Å². The molecule has 2 heterocycles. The summed E-state index contributed by atoms with van der Waals surface area (Å²) in [5, 5.41) is 0. The van der Waals surface area contributed by atoms with Crippen molar-refractivity contribution in [3.8, 4) is 0 Å². The molecule has 110 valence electrons. The molecule has 1 aliphatic rings. The van der Waals surface area contributed by atoms with Crippen LogP contribution in [0.15, 0.2) is 18.2 Å². The second-order valence-corrected chi connectivity index (χ2v) is 7.12. The van der Waals surface area contributed by atoms with E-state index < -0.39 is 5.60 Å². The fraction of sp³-hybridized carbons (Fsp3) is 0.600. The van der Waals surface area contributed by atoms with Crippen LogP contribution in [0.4, 0.5) is 4.79 Å². The summed E-state index contributed by atoms with van der Waals surface area (Å²) in [5.74, 6) is 0.442. The van der Waals surface area contributed by atoms with E-state index in [9.17, 15) is 4.79 Å². The zero-order valence-corrected chi connectivity index (χ0v) is 14.2. The van der Waals surface area contributed by atoms with Gasteiger partial charge in [0.05, 0.1) is 0 Å². The molecule has 0 unspecified atom stereocenters. The third-order valence-corrected chi connectivity index (χ3v) is 3.84. The Balaban J connectivity index is 1.91. The molecule has 1 aromatic rings. The van der Waals surface area contributed by atoms with Crippen molar-refractivity contribution in [3.05, 3.63) is 23.9 Å². The summed E-state index contributed by atoms with van der Waals surface area (Å²) in [6, 6.07) is 6.10. The van der Waals surface area contributed by atoms with Gasteiger partial charge in [-0.2, -0.15) is 0 Å². The Labute approximate surface area is 128 Å². The number of carbonyl (C=O) groups excluding carboxylic acids is 1. The number of carbonyl (C=O) groups is 1. The Bertz CT molecular complexity index is 477. The molecular weight excluding hydrogens is 319 g/mol. The summed E-state index contributed by atoms with van der Waals surface area (Å²) in [4.78, 5) is 18.4. The van der Waals surface area contributed by atoms with Gasteiger partial charge in [0.2, 0.25) is 0 Å². The number of ether oxygens (including phenoxy) is 1. The Hall–Kier alpha value is -1.06. The molecular formula is C15H22N2O2Se. The predicted molar refractivity (Wildman–Crippen MR) is 80.8 cm³/mol. The van der Waals surface area contributed by atoms with Crippen molar-refractivity contribution in [2.45, 2.75) is 45.1 Å². The Morgan fingerprint density at radius 2 is 2.00 bits per heavy atom. The third-order valence-electron chi connectivity index (χ3n) is 3.32. The molecule has 0 bridgehead atoms. The van der Waals surface area contributed by atoms with Crippen LogP contribution in [-0.4, -0.2) is 50.7 Å². The summed E-state index contributed by atoms with van der Waals surface area (Å²) in [5.41, 5.74) is 0.705. The quantitative estimate of drug-likeness (QED) is 0.731. The van der Waals surface area contributed by atoms with Crippen LogP contribution in [0, 0.1) is 0 Å². The van der Waals surface area contributed by atoms with Gasteiger partial charge in [-0.15, -0.1) is 0 Å². The molecule has 0 aliphatic carbocycles. The Morgan fingerprint density at radius 3 is 2.55 bits per heavy atom. The van der Waals surface area contributed by atoms with E-state index in [1.165, 1.54) is 0 Å². The molecule has 1 fully saturated rings. The molecule has 0 N–H and O–H groups in total. The monoisotopic (exact) mass is 342 g/mol. The number of hydrogen-bond acceptors (Lipinski definition) is 3. The van der Waals surface area contributed by atoms with E-state index in [0.717, 1.165) is 36.2 Å². The van der Waals surface area contributed by atoms with E-state index in [4.69, 9.17) is 4.74 Å². The molecule has 1 aromatic heterocycles. The van der Waals surface area contributed by atoms with Crippen molar-refractivity contribution < 1.29 is 9.53 Å². The van der Waals surface area contributed by atoms with Crippen LogP contribution in [0.1, 0.15) is 45.2 Å².